The first-order valence-corrected chi connectivity index (χ1v) is 10.4. The van der Waals surface area contributed by atoms with Crippen molar-refractivity contribution in [2.24, 2.45) is 11.5 Å². The second kappa shape index (κ2) is 14.0. The molecule has 4 unspecified atom stereocenters. The first kappa shape index (κ1) is 29.5. The summed E-state index contributed by atoms with van der Waals surface area (Å²) in [5, 5.41) is 33.6. The molecule has 0 fully saturated rings. The summed E-state index contributed by atoms with van der Waals surface area (Å²) in [5.41, 5.74) is 10.9. The van der Waals surface area contributed by atoms with Crippen LogP contribution in [0.25, 0.3) is 0 Å². The summed E-state index contributed by atoms with van der Waals surface area (Å²) in [4.78, 5) is 88.7. The molecule has 0 aliphatic heterocycles. The average Bonchev–Trinajstić information content (AvgIpc) is 3.27. The van der Waals surface area contributed by atoms with Crippen LogP contribution in [0, 0.1) is 0 Å². The van der Waals surface area contributed by atoms with Crippen molar-refractivity contribution in [3.8, 4) is 0 Å². The Morgan fingerprint density at radius 2 is 1.42 bits per heavy atom. The molecule has 0 saturated heterocycles. The minimum Gasteiger partial charge on any atom is -0.481 e. The summed E-state index contributed by atoms with van der Waals surface area (Å²) in [5.74, 6) is -8.54. The number of carbonyl (C=O) groups is 7. The number of nitrogens with one attached hydrogen (secondary N) is 4. The van der Waals surface area contributed by atoms with Gasteiger partial charge in [0.2, 0.25) is 23.6 Å². The van der Waals surface area contributed by atoms with Crippen LogP contribution in [-0.2, 0) is 40.0 Å². The third kappa shape index (κ3) is 10.6. The first-order valence-electron chi connectivity index (χ1n) is 10.4. The number of carbonyl (C=O) groups excluding carboxylic acids is 4. The van der Waals surface area contributed by atoms with E-state index in [1.165, 1.54) is 12.5 Å². The van der Waals surface area contributed by atoms with Crippen LogP contribution in [-0.4, -0.2) is 91.0 Å². The molecule has 36 heavy (non-hydrogen) atoms. The number of H-pyrrole nitrogens is 1. The molecular weight excluding hydrogens is 486 g/mol. The third-order valence-electron chi connectivity index (χ3n) is 4.65. The van der Waals surface area contributed by atoms with Gasteiger partial charge in [-0.3, -0.25) is 28.8 Å². The molecule has 0 aliphatic rings. The minimum atomic E-state index is -1.78. The highest BCUT2D eigenvalue weighted by Crippen LogP contribution is 2.05. The van der Waals surface area contributed by atoms with E-state index < -0.39 is 85.0 Å². The van der Waals surface area contributed by atoms with E-state index in [4.69, 9.17) is 21.7 Å². The normalized spacial score (nSPS) is 13.9. The maximum atomic E-state index is 12.8. The van der Waals surface area contributed by atoms with Gasteiger partial charge >= 0.3 is 17.9 Å². The number of aliphatic carboxylic acids is 3. The van der Waals surface area contributed by atoms with Gasteiger partial charge in [0, 0.05) is 24.7 Å². The number of aromatic amines is 1. The van der Waals surface area contributed by atoms with Crippen LogP contribution >= 0.6 is 0 Å². The van der Waals surface area contributed by atoms with Gasteiger partial charge in [0.15, 0.2) is 0 Å². The van der Waals surface area contributed by atoms with Crippen molar-refractivity contribution in [3.63, 3.8) is 0 Å². The van der Waals surface area contributed by atoms with Crippen LogP contribution in [0.15, 0.2) is 12.5 Å². The van der Waals surface area contributed by atoms with E-state index in [0.29, 0.717) is 5.69 Å². The number of primary amides is 1. The van der Waals surface area contributed by atoms with E-state index >= 15 is 0 Å². The molecule has 17 heteroatoms. The standard InChI is InChI=1S/C19H27N7O10/c20-9(4-14(28)29)16(32)25-11(5-15(30)31)18(34)24-10(1-2-13(21)27)17(33)26-12(19(35)36)3-8-6-22-7-23-8/h6-7,9-12H,1-5,20H2,(H2,21,27)(H,22,23)(H,24,34)(H,25,32)(H,26,33)(H,28,29)(H,30,31)(H,35,36). The highest BCUT2D eigenvalue weighted by molar-refractivity contribution is 5.96. The topological polar surface area (TPSA) is 297 Å². The van der Waals surface area contributed by atoms with Gasteiger partial charge in [-0.05, 0) is 6.42 Å². The number of hydrogen-bond acceptors (Lipinski definition) is 9. The van der Waals surface area contributed by atoms with Crippen molar-refractivity contribution in [1.82, 2.24) is 25.9 Å². The highest BCUT2D eigenvalue weighted by Gasteiger charge is 2.32. The van der Waals surface area contributed by atoms with Gasteiger partial charge in [-0.15, -0.1) is 0 Å². The average molecular weight is 513 g/mol. The molecule has 4 amide bonds. The van der Waals surface area contributed by atoms with Crippen molar-refractivity contribution in [1.29, 1.82) is 0 Å². The summed E-state index contributed by atoms with van der Waals surface area (Å²) >= 11 is 0. The molecule has 0 bridgehead atoms. The Morgan fingerprint density at radius 3 is 1.92 bits per heavy atom. The number of carboxylic acids is 3. The molecule has 0 aliphatic carbocycles. The molecule has 1 heterocycles. The zero-order chi connectivity index (χ0) is 27.4. The quantitative estimate of drug-likeness (QED) is 0.102. The van der Waals surface area contributed by atoms with E-state index in [2.05, 4.69) is 20.6 Å². The van der Waals surface area contributed by atoms with Crippen molar-refractivity contribution in [3.05, 3.63) is 18.2 Å². The molecule has 1 aromatic rings. The molecule has 0 aromatic carbocycles. The minimum absolute atomic E-state index is 0.198. The monoisotopic (exact) mass is 513 g/mol. The number of hydrogen-bond donors (Lipinski definition) is 9. The highest BCUT2D eigenvalue weighted by atomic mass is 16.4. The lowest BCUT2D eigenvalue weighted by Crippen LogP contribution is -2.57. The Labute approximate surface area is 203 Å². The Morgan fingerprint density at radius 1 is 0.861 bits per heavy atom. The maximum Gasteiger partial charge on any atom is 0.326 e. The SMILES string of the molecule is NC(=O)CCC(NC(=O)C(CC(=O)O)NC(=O)C(N)CC(=O)O)C(=O)NC(Cc1cnc[nH]1)C(=O)O. The van der Waals surface area contributed by atoms with Crippen molar-refractivity contribution >= 4 is 41.5 Å². The predicted octanol–water partition coefficient (Wildman–Crippen LogP) is -3.97. The second-order valence-electron chi connectivity index (χ2n) is 7.61. The second-order valence-corrected chi connectivity index (χ2v) is 7.61. The fourth-order valence-electron chi connectivity index (χ4n) is 2.86. The number of imidazole rings is 1. The Hall–Kier alpha value is -4.54. The van der Waals surface area contributed by atoms with Gasteiger partial charge in [0.25, 0.3) is 0 Å². The van der Waals surface area contributed by atoms with E-state index in [1.54, 1.807) is 0 Å². The molecule has 198 valence electrons. The van der Waals surface area contributed by atoms with Gasteiger partial charge in [0.05, 0.1) is 25.2 Å². The lowest BCUT2D eigenvalue weighted by molar-refractivity contribution is -0.143. The molecule has 1 rings (SSSR count). The lowest BCUT2D eigenvalue weighted by Gasteiger charge is -2.24. The summed E-state index contributed by atoms with van der Waals surface area (Å²) < 4.78 is 0. The number of carboxylic acid groups (broad SMARTS) is 3. The van der Waals surface area contributed by atoms with Crippen LogP contribution in [0.4, 0.5) is 0 Å². The summed E-state index contributed by atoms with van der Waals surface area (Å²) in [7, 11) is 0. The molecule has 11 N–H and O–H groups in total. The molecule has 0 saturated carbocycles. The van der Waals surface area contributed by atoms with Gasteiger partial charge in [-0.1, -0.05) is 0 Å². The van der Waals surface area contributed by atoms with Crippen LogP contribution in [0.1, 0.15) is 31.4 Å². The van der Waals surface area contributed by atoms with E-state index in [-0.39, 0.29) is 12.8 Å². The van der Waals surface area contributed by atoms with Crippen molar-refractivity contribution in [2.45, 2.75) is 56.3 Å². The van der Waals surface area contributed by atoms with Crippen LogP contribution in [0.5, 0.6) is 0 Å². The van der Waals surface area contributed by atoms with Gasteiger partial charge in [-0.25, -0.2) is 9.78 Å². The third-order valence-corrected chi connectivity index (χ3v) is 4.65. The van der Waals surface area contributed by atoms with Crippen LogP contribution < -0.4 is 27.4 Å². The maximum absolute atomic E-state index is 12.8. The molecular formula is C19H27N7O10. The number of aromatic nitrogens is 2. The largest absolute Gasteiger partial charge is 0.481 e. The number of amides is 4. The van der Waals surface area contributed by atoms with E-state index in [9.17, 15) is 38.7 Å². The Balaban J connectivity index is 3.02. The number of rotatable bonds is 16. The van der Waals surface area contributed by atoms with Crippen LogP contribution in [0.3, 0.4) is 0 Å². The number of nitrogens with zero attached hydrogens (tertiary/aromatic N) is 1. The van der Waals surface area contributed by atoms with E-state index in [0.717, 1.165) is 0 Å². The first-order chi connectivity index (χ1) is 16.8. The van der Waals surface area contributed by atoms with E-state index in [1.807, 2.05) is 5.32 Å². The van der Waals surface area contributed by atoms with Gasteiger partial charge in [0.1, 0.15) is 18.1 Å². The Kier molecular flexibility index (Phi) is 11.5. The molecule has 0 spiro atoms. The summed E-state index contributed by atoms with van der Waals surface area (Å²) in [6, 6.07) is -6.39. The Bertz CT molecular complexity index is 981. The predicted molar refractivity (Wildman–Crippen MR) is 117 cm³/mol. The fraction of sp³-hybridized carbons (Fsp3) is 0.474. The van der Waals surface area contributed by atoms with Gasteiger partial charge < -0.3 is 47.7 Å². The zero-order valence-corrected chi connectivity index (χ0v) is 18.8. The van der Waals surface area contributed by atoms with Crippen LogP contribution in [0.2, 0.25) is 0 Å². The smallest absolute Gasteiger partial charge is 0.326 e. The molecule has 17 nitrogen and oxygen atoms in total. The fourth-order valence-corrected chi connectivity index (χ4v) is 2.86. The number of nitrogens with two attached hydrogens (primary N) is 2. The summed E-state index contributed by atoms with van der Waals surface area (Å²) in [6.45, 7) is 0. The van der Waals surface area contributed by atoms with Gasteiger partial charge in [-0.2, -0.15) is 0 Å². The molecule has 0 radical (unpaired) electrons. The molecule has 4 atom stereocenters. The van der Waals surface area contributed by atoms with Crippen molar-refractivity contribution < 1.29 is 48.9 Å². The summed E-state index contributed by atoms with van der Waals surface area (Å²) in [6.07, 6.45) is -0.112. The molecule has 1 aromatic heterocycles. The van der Waals surface area contributed by atoms with Crippen molar-refractivity contribution in [2.75, 3.05) is 0 Å². The lowest BCUT2D eigenvalue weighted by atomic mass is 10.1. The zero-order valence-electron chi connectivity index (χ0n) is 18.8.